The van der Waals surface area contributed by atoms with E-state index in [0.717, 1.165) is 23.5 Å². The highest BCUT2D eigenvalue weighted by atomic mass is 32.2. The van der Waals surface area contributed by atoms with Gasteiger partial charge >= 0.3 is 0 Å². The molecule has 142 valence electrons. The minimum absolute atomic E-state index is 0.00283. The van der Waals surface area contributed by atoms with Gasteiger partial charge in [-0.1, -0.05) is 18.2 Å². The molecule has 0 bridgehead atoms. The molecule has 1 aromatic carbocycles. The van der Waals surface area contributed by atoms with Crippen LogP contribution in [0.1, 0.15) is 25.8 Å². The topological polar surface area (TPSA) is 112 Å². The summed E-state index contributed by atoms with van der Waals surface area (Å²) < 4.78 is 22.6. The van der Waals surface area contributed by atoms with E-state index in [1.165, 1.54) is 12.6 Å². The Kier molecular flexibility index (Phi) is 7.14. The molecule has 3 N–H and O–H groups in total. The fraction of sp³-hybridized carbons (Fsp3) is 0.471. The first-order chi connectivity index (χ1) is 12.4. The summed E-state index contributed by atoms with van der Waals surface area (Å²) in [5, 5.41) is 13.1. The van der Waals surface area contributed by atoms with Crippen molar-refractivity contribution < 1.29 is 8.42 Å². The fourth-order valence-corrected chi connectivity index (χ4v) is 3.13. The molecular weight excluding hydrogens is 352 g/mol. The van der Waals surface area contributed by atoms with Crippen LogP contribution in [0.5, 0.6) is 0 Å². The second-order valence-corrected chi connectivity index (χ2v) is 8.45. The number of aromatic nitrogens is 3. The first-order valence-corrected chi connectivity index (χ1v) is 10.6. The number of benzene rings is 1. The van der Waals surface area contributed by atoms with E-state index in [0.29, 0.717) is 18.9 Å². The second-order valence-electron chi connectivity index (χ2n) is 6.19. The Morgan fingerprint density at radius 3 is 2.85 bits per heavy atom. The Morgan fingerprint density at radius 2 is 2.19 bits per heavy atom. The van der Waals surface area contributed by atoms with Crippen LogP contribution in [0.4, 0.5) is 0 Å². The third kappa shape index (κ3) is 6.83. The maximum absolute atomic E-state index is 11.3. The number of hydrogen-bond acceptors (Lipinski definition) is 5. The van der Waals surface area contributed by atoms with Crippen molar-refractivity contribution in [1.29, 1.82) is 0 Å². The van der Waals surface area contributed by atoms with Crippen LogP contribution >= 0.6 is 0 Å². The van der Waals surface area contributed by atoms with Crippen LogP contribution in [0.15, 0.2) is 35.6 Å². The number of guanidine groups is 1. The molecule has 0 fully saturated rings. The molecule has 2 aromatic rings. The Morgan fingerprint density at radius 1 is 1.38 bits per heavy atom. The predicted molar refractivity (Wildman–Crippen MR) is 104 cm³/mol. The van der Waals surface area contributed by atoms with Crippen molar-refractivity contribution in [3.8, 4) is 11.4 Å². The third-order valence-electron chi connectivity index (χ3n) is 3.68. The number of H-pyrrole nitrogens is 1. The van der Waals surface area contributed by atoms with Crippen molar-refractivity contribution in [1.82, 2.24) is 25.8 Å². The molecule has 26 heavy (non-hydrogen) atoms. The number of aliphatic imine (C=N–C) groups is 1. The zero-order valence-corrected chi connectivity index (χ0v) is 16.2. The van der Waals surface area contributed by atoms with Crippen molar-refractivity contribution in [2.24, 2.45) is 4.99 Å². The lowest BCUT2D eigenvalue weighted by molar-refractivity contribution is 0.581. The lowest BCUT2D eigenvalue weighted by Crippen LogP contribution is -2.42. The van der Waals surface area contributed by atoms with Gasteiger partial charge in [0.15, 0.2) is 11.8 Å². The van der Waals surface area contributed by atoms with E-state index in [-0.39, 0.29) is 11.8 Å². The molecule has 0 amide bonds. The summed E-state index contributed by atoms with van der Waals surface area (Å²) in [4.78, 5) is 8.74. The Hall–Kier alpha value is -2.42. The standard InChI is InChI=1S/C17H26N6O2S/c1-4-18-17(22-13(2)8-9-26(3,24)25)19-11-14-6-5-7-15(10-14)16-20-12-21-23-16/h5-7,10,12-13H,4,8-9,11H2,1-3H3,(H2,18,19,22)(H,20,21,23). The molecule has 1 aromatic heterocycles. The molecule has 0 radical (unpaired) electrons. The molecule has 9 heteroatoms. The van der Waals surface area contributed by atoms with Gasteiger partial charge in [-0.2, -0.15) is 5.10 Å². The molecule has 1 unspecified atom stereocenters. The van der Waals surface area contributed by atoms with Crippen LogP contribution in [0.2, 0.25) is 0 Å². The van der Waals surface area contributed by atoms with Crippen molar-refractivity contribution in [2.45, 2.75) is 32.9 Å². The SMILES string of the molecule is CCNC(=NCc1cccc(-c2ncn[nH]2)c1)NC(C)CCS(C)(=O)=O. The van der Waals surface area contributed by atoms with E-state index in [4.69, 9.17) is 0 Å². The van der Waals surface area contributed by atoms with Gasteiger partial charge in [-0.05, 0) is 31.9 Å². The molecule has 0 saturated carbocycles. The van der Waals surface area contributed by atoms with Crippen LogP contribution in [0.3, 0.4) is 0 Å². The average molecular weight is 379 g/mol. The first kappa shape index (κ1) is 19.9. The van der Waals surface area contributed by atoms with E-state index < -0.39 is 9.84 Å². The number of nitrogens with zero attached hydrogens (tertiary/aromatic N) is 3. The summed E-state index contributed by atoms with van der Waals surface area (Å²) >= 11 is 0. The molecule has 2 rings (SSSR count). The zero-order chi connectivity index (χ0) is 19.0. The van der Waals surface area contributed by atoms with Gasteiger partial charge < -0.3 is 10.6 Å². The van der Waals surface area contributed by atoms with Crippen molar-refractivity contribution in [3.05, 3.63) is 36.2 Å². The lowest BCUT2D eigenvalue weighted by Gasteiger charge is -2.17. The molecule has 1 heterocycles. The summed E-state index contributed by atoms with van der Waals surface area (Å²) in [6, 6.07) is 7.94. The lowest BCUT2D eigenvalue weighted by atomic mass is 10.1. The van der Waals surface area contributed by atoms with Gasteiger partial charge in [-0.25, -0.2) is 18.4 Å². The highest BCUT2D eigenvalue weighted by Gasteiger charge is 2.09. The third-order valence-corrected chi connectivity index (χ3v) is 4.66. The summed E-state index contributed by atoms with van der Waals surface area (Å²) in [6.07, 6.45) is 3.26. The summed E-state index contributed by atoms with van der Waals surface area (Å²) in [6.45, 7) is 5.16. The number of nitrogens with one attached hydrogen (secondary N) is 3. The Balaban J connectivity index is 2.01. The second kappa shape index (κ2) is 9.33. The minimum atomic E-state index is -2.96. The summed E-state index contributed by atoms with van der Waals surface area (Å²) in [5.74, 6) is 1.54. The van der Waals surface area contributed by atoms with Crippen LogP contribution in [-0.2, 0) is 16.4 Å². The van der Waals surface area contributed by atoms with Gasteiger partial charge in [0.25, 0.3) is 0 Å². The van der Waals surface area contributed by atoms with Crippen molar-refractivity contribution >= 4 is 15.8 Å². The molecule has 0 aliphatic heterocycles. The van der Waals surface area contributed by atoms with Crippen molar-refractivity contribution in [3.63, 3.8) is 0 Å². The van der Waals surface area contributed by atoms with Crippen molar-refractivity contribution in [2.75, 3.05) is 18.6 Å². The van der Waals surface area contributed by atoms with E-state index in [1.54, 1.807) is 0 Å². The van der Waals surface area contributed by atoms with Gasteiger partial charge in [0, 0.05) is 24.4 Å². The highest BCUT2D eigenvalue weighted by Crippen LogP contribution is 2.15. The van der Waals surface area contributed by atoms with Gasteiger partial charge in [0.2, 0.25) is 0 Å². The van der Waals surface area contributed by atoms with Gasteiger partial charge in [-0.3, -0.25) is 5.10 Å². The number of sulfone groups is 1. The summed E-state index contributed by atoms with van der Waals surface area (Å²) in [7, 11) is -2.96. The molecule has 0 saturated heterocycles. The molecule has 1 atom stereocenters. The van der Waals surface area contributed by atoms with E-state index in [2.05, 4.69) is 30.8 Å². The van der Waals surface area contributed by atoms with E-state index in [1.807, 2.05) is 38.1 Å². The summed E-state index contributed by atoms with van der Waals surface area (Å²) in [5.41, 5.74) is 1.99. The monoisotopic (exact) mass is 378 g/mol. The van der Waals surface area contributed by atoms with E-state index >= 15 is 0 Å². The van der Waals surface area contributed by atoms with Gasteiger partial charge in [-0.15, -0.1) is 0 Å². The first-order valence-electron chi connectivity index (χ1n) is 8.54. The number of rotatable bonds is 8. The minimum Gasteiger partial charge on any atom is -0.357 e. The largest absolute Gasteiger partial charge is 0.357 e. The maximum atomic E-state index is 11.3. The highest BCUT2D eigenvalue weighted by molar-refractivity contribution is 7.90. The molecule has 0 aliphatic carbocycles. The molecule has 0 spiro atoms. The van der Waals surface area contributed by atoms with Crippen LogP contribution in [0.25, 0.3) is 11.4 Å². The Labute approximate surface area is 154 Å². The quantitative estimate of drug-likeness (QED) is 0.472. The van der Waals surface area contributed by atoms with E-state index in [9.17, 15) is 8.42 Å². The van der Waals surface area contributed by atoms with Crippen LogP contribution in [0, 0.1) is 0 Å². The average Bonchev–Trinajstić information content (AvgIpc) is 3.12. The Bertz CT molecular complexity index is 818. The van der Waals surface area contributed by atoms with Crippen LogP contribution < -0.4 is 10.6 Å². The molecule has 8 nitrogen and oxygen atoms in total. The number of aromatic amines is 1. The normalized spacial score (nSPS) is 13.4. The smallest absolute Gasteiger partial charge is 0.191 e. The van der Waals surface area contributed by atoms with Gasteiger partial charge in [0.05, 0.1) is 12.3 Å². The molecular formula is C17H26N6O2S. The zero-order valence-electron chi connectivity index (χ0n) is 15.4. The predicted octanol–water partition coefficient (Wildman–Crippen LogP) is 1.35. The van der Waals surface area contributed by atoms with Gasteiger partial charge in [0.1, 0.15) is 16.2 Å². The maximum Gasteiger partial charge on any atom is 0.191 e. The number of hydrogen-bond donors (Lipinski definition) is 3. The van der Waals surface area contributed by atoms with Crippen LogP contribution in [-0.4, -0.2) is 54.2 Å². The fourth-order valence-electron chi connectivity index (χ4n) is 2.35. The molecule has 0 aliphatic rings.